The Morgan fingerprint density at radius 1 is 1.16 bits per heavy atom. The lowest BCUT2D eigenvalue weighted by Gasteiger charge is -2.35. The van der Waals surface area contributed by atoms with Crippen LogP contribution in [0.15, 0.2) is 48.7 Å². The second-order valence-corrected chi connectivity index (χ2v) is 10.4. The molecule has 0 saturated heterocycles. The Hall–Kier alpha value is -3.95. The molecule has 0 bridgehead atoms. The van der Waals surface area contributed by atoms with Gasteiger partial charge in [-0.2, -0.15) is 13.2 Å². The van der Waals surface area contributed by atoms with E-state index in [1.807, 2.05) is 41.8 Å². The number of aromatic carboxylic acids is 1. The second kappa shape index (κ2) is 8.82. The Bertz CT molecular complexity index is 1540. The van der Waals surface area contributed by atoms with Crippen molar-refractivity contribution in [3.63, 3.8) is 0 Å². The van der Waals surface area contributed by atoms with Gasteiger partial charge in [0.25, 0.3) is 0 Å². The highest BCUT2D eigenvalue weighted by Crippen LogP contribution is 2.53. The SMILES string of the molecule is Cc1cccc(-c2cc3nc(C(=O)O)nc(NC4(C5CCC5)CC4)c3n2Cc2ccc(C(F)(F)F)cn2)c1. The monoisotopic (exact) mass is 521 g/mol. The molecule has 2 aliphatic carbocycles. The van der Waals surface area contributed by atoms with Crippen LogP contribution in [0.2, 0.25) is 0 Å². The van der Waals surface area contributed by atoms with Gasteiger partial charge in [-0.25, -0.2) is 14.8 Å². The lowest BCUT2D eigenvalue weighted by Crippen LogP contribution is -2.36. The molecule has 0 spiro atoms. The van der Waals surface area contributed by atoms with Crippen LogP contribution in [0.5, 0.6) is 0 Å². The molecule has 0 atom stereocenters. The fraction of sp³-hybridized carbons (Fsp3) is 0.357. The normalized spacial score (nSPS) is 16.8. The van der Waals surface area contributed by atoms with Crippen LogP contribution in [0.25, 0.3) is 22.3 Å². The van der Waals surface area contributed by atoms with E-state index in [2.05, 4.69) is 20.3 Å². The Morgan fingerprint density at radius 3 is 2.53 bits per heavy atom. The Kier molecular flexibility index (Phi) is 5.66. The number of carboxylic acids is 1. The van der Waals surface area contributed by atoms with Crippen molar-refractivity contribution in [2.75, 3.05) is 5.32 Å². The number of carbonyl (C=O) groups is 1. The van der Waals surface area contributed by atoms with Crippen LogP contribution in [-0.2, 0) is 12.7 Å². The number of hydrogen-bond donors (Lipinski definition) is 2. The van der Waals surface area contributed by atoms with E-state index in [0.29, 0.717) is 28.5 Å². The average Bonchev–Trinajstić information content (AvgIpc) is 3.49. The van der Waals surface area contributed by atoms with E-state index < -0.39 is 17.7 Å². The van der Waals surface area contributed by atoms with Gasteiger partial charge in [-0.15, -0.1) is 0 Å². The Balaban J connectivity index is 1.52. The molecule has 0 radical (unpaired) electrons. The number of rotatable bonds is 7. The molecule has 6 rings (SSSR count). The van der Waals surface area contributed by atoms with Crippen LogP contribution in [0.1, 0.15) is 59.5 Å². The molecule has 3 aromatic heterocycles. The van der Waals surface area contributed by atoms with Gasteiger partial charge in [0.15, 0.2) is 5.82 Å². The fourth-order valence-corrected chi connectivity index (χ4v) is 5.37. The molecule has 7 nitrogen and oxygen atoms in total. The summed E-state index contributed by atoms with van der Waals surface area (Å²) in [7, 11) is 0. The third kappa shape index (κ3) is 4.37. The van der Waals surface area contributed by atoms with Gasteiger partial charge < -0.3 is 15.0 Å². The zero-order valence-electron chi connectivity index (χ0n) is 20.7. The van der Waals surface area contributed by atoms with Crippen LogP contribution >= 0.6 is 0 Å². The third-order valence-electron chi connectivity index (χ3n) is 7.77. The van der Waals surface area contributed by atoms with E-state index in [-0.39, 0.29) is 17.9 Å². The highest BCUT2D eigenvalue weighted by Gasteiger charge is 2.51. The third-order valence-corrected chi connectivity index (χ3v) is 7.77. The number of nitrogens with one attached hydrogen (secondary N) is 1. The van der Waals surface area contributed by atoms with Crippen molar-refractivity contribution in [2.45, 2.75) is 57.3 Å². The maximum absolute atomic E-state index is 13.1. The van der Waals surface area contributed by atoms with Crippen molar-refractivity contribution >= 4 is 22.8 Å². The number of aromatic nitrogens is 4. The Labute approximate surface area is 216 Å². The molecule has 196 valence electrons. The number of halogens is 3. The van der Waals surface area contributed by atoms with Gasteiger partial charge in [0.2, 0.25) is 5.82 Å². The van der Waals surface area contributed by atoms with E-state index >= 15 is 0 Å². The summed E-state index contributed by atoms with van der Waals surface area (Å²) in [5.41, 5.74) is 3.22. The summed E-state index contributed by atoms with van der Waals surface area (Å²) in [6.07, 6.45) is 1.75. The average molecular weight is 522 g/mol. The molecule has 0 aliphatic heterocycles. The number of carboxylic acid groups (broad SMARTS) is 1. The topological polar surface area (TPSA) is 92.9 Å². The van der Waals surface area contributed by atoms with Crippen LogP contribution in [0.3, 0.4) is 0 Å². The first-order valence-corrected chi connectivity index (χ1v) is 12.6. The van der Waals surface area contributed by atoms with Crippen molar-refractivity contribution in [1.82, 2.24) is 19.5 Å². The summed E-state index contributed by atoms with van der Waals surface area (Å²) < 4.78 is 41.3. The number of pyridine rings is 1. The van der Waals surface area contributed by atoms with E-state index in [4.69, 9.17) is 0 Å². The van der Waals surface area contributed by atoms with Crippen molar-refractivity contribution in [2.24, 2.45) is 5.92 Å². The highest BCUT2D eigenvalue weighted by molar-refractivity contribution is 5.95. The number of nitrogens with zero attached hydrogens (tertiary/aromatic N) is 4. The predicted octanol–water partition coefficient (Wildman–Crippen LogP) is 6.31. The molecule has 2 aliphatic rings. The van der Waals surface area contributed by atoms with E-state index in [0.717, 1.165) is 54.8 Å². The molecule has 38 heavy (non-hydrogen) atoms. The molecule has 2 fully saturated rings. The quantitative estimate of drug-likeness (QED) is 0.296. The van der Waals surface area contributed by atoms with E-state index in [1.165, 1.54) is 12.5 Å². The predicted molar refractivity (Wildman–Crippen MR) is 136 cm³/mol. The molecular formula is C28H26F3N5O2. The van der Waals surface area contributed by atoms with Gasteiger partial charge in [-0.1, -0.05) is 30.2 Å². The summed E-state index contributed by atoms with van der Waals surface area (Å²) in [6, 6.07) is 12.0. The second-order valence-electron chi connectivity index (χ2n) is 10.4. The number of alkyl halides is 3. The molecule has 4 aromatic rings. The summed E-state index contributed by atoms with van der Waals surface area (Å²) in [5.74, 6) is -0.581. The molecule has 2 saturated carbocycles. The minimum atomic E-state index is -4.48. The summed E-state index contributed by atoms with van der Waals surface area (Å²) in [6.45, 7) is 2.13. The number of aryl methyl sites for hydroxylation is 1. The van der Waals surface area contributed by atoms with Crippen LogP contribution in [0, 0.1) is 12.8 Å². The minimum Gasteiger partial charge on any atom is -0.475 e. The summed E-state index contributed by atoms with van der Waals surface area (Å²) in [5, 5.41) is 13.3. The summed E-state index contributed by atoms with van der Waals surface area (Å²) >= 11 is 0. The van der Waals surface area contributed by atoms with Crippen molar-refractivity contribution in [3.8, 4) is 11.3 Å². The number of hydrogen-bond acceptors (Lipinski definition) is 5. The van der Waals surface area contributed by atoms with E-state index in [9.17, 15) is 23.1 Å². The first kappa shape index (κ1) is 24.4. The number of benzene rings is 1. The van der Waals surface area contributed by atoms with Crippen molar-refractivity contribution in [3.05, 3.63) is 71.3 Å². The van der Waals surface area contributed by atoms with Crippen LogP contribution in [0.4, 0.5) is 19.0 Å². The first-order valence-electron chi connectivity index (χ1n) is 12.6. The molecule has 2 N–H and O–H groups in total. The van der Waals surface area contributed by atoms with Gasteiger partial charge in [0.05, 0.1) is 29.0 Å². The van der Waals surface area contributed by atoms with Gasteiger partial charge >= 0.3 is 12.1 Å². The number of fused-ring (bicyclic) bond motifs is 1. The van der Waals surface area contributed by atoms with E-state index in [1.54, 1.807) is 0 Å². The maximum Gasteiger partial charge on any atom is 0.417 e. The Morgan fingerprint density at radius 2 is 1.95 bits per heavy atom. The first-order chi connectivity index (χ1) is 18.1. The van der Waals surface area contributed by atoms with Crippen LogP contribution < -0.4 is 5.32 Å². The largest absolute Gasteiger partial charge is 0.475 e. The molecule has 1 aromatic carbocycles. The standard InChI is InChI=1S/C28H26F3N5O2/c1-16-4-2-5-17(12-16)22-13-21-23(36(22)15-20-9-8-19(14-32-20)28(29,30)31)24(34-25(33-21)26(37)38)35-27(10-11-27)18-6-3-7-18/h2,4-5,8-9,12-14,18H,3,6-7,10-11,15H2,1H3,(H,37,38)(H,33,34,35). The minimum absolute atomic E-state index is 0.111. The zero-order chi connectivity index (χ0) is 26.7. The maximum atomic E-state index is 13.1. The van der Waals surface area contributed by atoms with Crippen LogP contribution in [-0.4, -0.2) is 36.1 Å². The lowest BCUT2D eigenvalue weighted by atomic mass is 9.78. The summed E-state index contributed by atoms with van der Waals surface area (Å²) in [4.78, 5) is 24.8. The van der Waals surface area contributed by atoms with Crippen molar-refractivity contribution in [1.29, 1.82) is 0 Å². The van der Waals surface area contributed by atoms with Gasteiger partial charge in [0.1, 0.15) is 5.52 Å². The molecule has 0 amide bonds. The van der Waals surface area contributed by atoms with Gasteiger partial charge in [0, 0.05) is 11.7 Å². The van der Waals surface area contributed by atoms with Gasteiger partial charge in [-0.05, 0) is 68.4 Å². The molecule has 3 heterocycles. The highest BCUT2D eigenvalue weighted by atomic mass is 19.4. The molecular weight excluding hydrogens is 495 g/mol. The molecule has 10 heteroatoms. The lowest BCUT2D eigenvalue weighted by molar-refractivity contribution is -0.137. The number of anilines is 1. The fourth-order valence-electron chi connectivity index (χ4n) is 5.37. The zero-order valence-corrected chi connectivity index (χ0v) is 20.7. The smallest absolute Gasteiger partial charge is 0.417 e. The molecule has 0 unspecified atom stereocenters. The van der Waals surface area contributed by atoms with Crippen molar-refractivity contribution < 1.29 is 23.1 Å². The van der Waals surface area contributed by atoms with Gasteiger partial charge in [-0.3, -0.25) is 4.98 Å².